The molecule has 0 radical (unpaired) electrons. The standard InChI is InChI=1S/C19H21N3O5/c1-13(19(24)25)14-4-6-16(7-5-14)21-18(23)3-2-12-20-15-8-10-17(11-9-15)22(26)27/h4-11,13,20H,2-3,12H2,1H3,(H,21,23)(H,24,25). The van der Waals surface area contributed by atoms with Gasteiger partial charge >= 0.3 is 5.97 Å². The lowest BCUT2D eigenvalue weighted by atomic mass is 10.0. The molecule has 0 spiro atoms. The van der Waals surface area contributed by atoms with Crippen molar-refractivity contribution in [3.63, 3.8) is 0 Å². The quantitative estimate of drug-likeness (QED) is 0.352. The summed E-state index contributed by atoms with van der Waals surface area (Å²) >= 11 is 0. The van der Waals surface area contributed by atoms with Crippen molar-refractivity contribution < 1.29 is 19.6 Å². The van der Waals surface area contributed by atoms with Crippen molar-refractivity contribution in [3.8, 4) is 0 Å². The summed E-state index contributed by atoms with van der Waals surface area (Å²) in [6.07, 6.45) is 0.907. The predicted molar refractivity (Wildman–Crippen MR) is 102 cm³/mol. The first kappa shape index (κ1) is 19.9. The summed E-state index contributed by atoms with van der Waals surface area (Å²) in [6.45, 7) is 2.16. The predicted octanol–water partition coefficient (Wildman–Crippen LogP) is 3.61. The molecule has 0 heterocycles. The Bertz CT molecular complexity index is 803. The highest BCUT2D eigenvalue weighted by Gasteiger charge is 2.13. The Labute approximate surface area is 156 Å². The Kier molecular flexibility index (Phi) is 6.87. The summed E-state index contributed by atoms with van der Waals surface area (Å²) < 4.78 is 0. The summed E-state index contributed by atoms with van der Waals surface area (Å²) in [6, 6.07) is 12.8. The van der Waals surface area contributed by atoms with Gasteiger partial charge in [-0.15, -0.1) is 0 Å². The molecule has 0 bridgehead atoms. The summed E-state index contributed by atoms with van der Waals surface area (Å²) in [5.41, 5.74) is 2.07. The minimum Gasteiger partial charge on any atom is -0.481 e. The largest absolute Gasteiger partial charge is 0.481 e. The number of carboxylic acids is 1. The van der Waals surface area contributed by atoms with Crippen molar-refractivity contribution in [3.05, 3.63) is 64.2 Å². The molecule has 142 valence electrons. The normalized spacial score (nSPS) is 11.4. The minimum absolute atomic E-state index is 0.0312. The molecule has 3 N–H and O–H groups in total. The van der Waals surface area contributed by atoms with Gasteiger partial charge in [-0.1, -0.05) is 12.1 Å². The van der Waals surface area contributed by atoms with Crippen molar-refractivity contribution in [1.82, 2.24) is 0 Å². The first-order valence-corrected chi connectivity index (χ1v) is 8.48. The number of aliphatic carboxylic acids is 1. The molecule has 0 aliphatic carbocycles. The zero-order valence-electron chi connectivity index (χ0n) is 14.8. The van der Waals surface area contributed by atoms with Gasteiger partial charge in [0.05, 0.1) is 10.8 Å². The maximum atomic E-state index is 12.0. The Hall–Kier alpha value is -3.42. The molecule has 0 aliphatic rings. The van der Waals surface area contributed by atoms with Crippen LogP contribution in [0.15, 0.2) is 48.5 Å². The molecule has 0 aliphatic heterocycles. The second kappa shape index (κ2) is 9.33. The van der Waals surface area contributed by atoms with Crippen molar-refractivity contribution >= 4 is 28.9 Å². The van der Waals surface area contributed by atoms with E-state index in [-0.39, 0.29) is 11.6 Å². The third kappa shape index (κ3) is 6.10. The van der Waals surface area contributed by atoms with Gasteiger partial charge in [-0.25, -0.2) is 0 Å². The van der Waals surface area contributed by atoms with Gasteiger partial charge < -0.3 is 15.7 Å². The molecule has 1 amide bonds. The number of amides is 1. The fourth-order valence-electron chi connectivity index (χ4n) is 2.40. The number of nitrogens with one attached hydrogen (secondary N) is 2. The van der Waals surface area contributed by atoms with E-state index in [4.69, 9.17) is 5.11 Å². The molecule has 8 heteroatoms. The lowest BCUT2D eigenvalue weighted by Crippen LogP contribution is -2.13. The van der Waals surface area contributed by atoms with E-state index in [2.05, 4.69) is 10.6 Å². The first-order valence-electron chi connectivity index (χ1n) is 8.48. The van der Waals surface area contributed by atoms with Crippen LogP contribution in [0.4, 0.5) is 17.1 Å². The summed E-state index contributed by atoms with van der Waals surface area (Å²) in [5.74, 6) is -1.63. The highest BCUT2D eigenvalue weighted by Crippen LogP contribution is 2.18. The number of anilines is 2. The monoisotopic (exact) mass is 371 g/mol. The Morgan fingerprint density at radius 2 is 1.67 bits per heavy atom. The van der Waals surface area contributed by atoms with Gasteiger partial charge in [0.2, 0.25) is 5.91 Å². The molecule has 0 saturated carbocycles. The highest BCUT2D eigenvalue weighted by molar-refractivity contribution is 5.90. The van der Waals surface area contributed by atoms with Crippen LogP contribution in [0, 0.1) is 10.1 Å². The van der Waals surface area contributed by atoms with E-state index in [1.54, 1.807) is 43.3 Å². The third-order valence-electron chi connectivity index (χ3n) is 4.05. The van der Waals surface area contributed by atoms with Crippen LogP contribution in [0.3, 0.4) is 0 Å². The van der Waals surface area contributed by atoms with Gasteiger partial charge in [-0.05, 0) is 43.2 Å². The number of non-ortho nitro benzene ring substituents is 1. The molecular weight excluding hydrogens is 350 g/mol. The fourth-order valence-corrected chi connectivity index (χ4v) is 2.40. The fraction of sp³-hybridized carbons (Fsp3) is 0.263. The number of nitrogens with zero attached hydrogens (tertiary/aromatic N) is 1. The molecule has 8 nitrogen and oxygen atoms in total. The second-order valence-electron chi connectivity index (χ2n) is 6.06. The van der Waals surface area contributed by atoms with Gasteiger partial charge in [0, 0.05) is 36.5 Å². The van der Waals surface area contributed by atoms with E-state index >= 15 is 0 Å². The molecule has 1 atom stereocenters. The van der Waals surface area contributed by atoms with Crippen molar-refractivity contribution in [1.29, 1.82) is 0 Å². The molecule has 0 saturated heterocycles. The van der Waals surface area contributed by atoms with Crippen LogP contribution in [-0.4, -0.2) is 28.5 Å². The van der Waals surface area contributed by atoms with Gasteiger partial charge in [0.15, 0.2) is 0 Å². The summed E-state index contributed by atoms with van der Waals surface area (Å²) in [4.78, 5) is 33.1. The highest BCUT2D eigenvalue weighted by atomic mass is 16.6. The molecular formula is C19H21N3O5. The molecule has 2 aromatic rings. The van der Waals surface area contributed by atoms with Gasteiger partial charge in [0.25, 0.3) is 5.69 Å². The number of carbonyl (C=O) groups is 2. The lowest BCUT2D eigenvalue weighted by molar-refractivity contribution is -0.384. The maximum absolute atomic E-state index is 12.0. The number of carboxylic acid groups (broad SMARTS) is 1. The van der Waals surface area contributed by atoms with Crippen LogP contribution in [-0.2, 0) is 9.59 Å². The van der Waals surface area contributed by atoms with E-state index in [0.29, 0.717) is 30.6 Å². The molecule has 2 rings (SSSR count). The number of nitro groups is 1. The van der Waals surface area contributed by atoms with Gasteiger partial charge in [-0.3, -0.25) is 19.7 Å². The van der Waals surface area contributed by atoms with Crippen molar-refractivity contribution in [2.45, 2.75) is 25.7 Å². The van der Waals surface area contributed by atoms with E-state index < -0.39 is 16.8 Å². The second-order valence-corrected chi connectivity index (χ2v) is 6.06. The number of nitro benzene ring substituents is 1. The van der Waals surface area contributed by atoms with E-state index in [1.165, 1.54) is 12.1 Å². The van der Waals surface area contributed by atoms with Crippen LogP contribution in [0.1, 0.15) is 31.2 Å². The van der Waals surface area contributed by atoms with Crippen molar-refractivity contribution in [2.75, 3.05) is 17.2 Å². The zero-order valence-corrected chi connectivity index (χ0v) is 14.8. The van der Waals surface area contributed by atoms with Crippen LogP contribution in [0.5, 0.6) is 0 Å². The maximum Gasteiger partial charge on any atom is 0.310 e. The van der Waals surface area contributed by atoms with Crippen LogP contribution >= 0.6 is 0 Å². The Morgan fingerprint density at radius 3 is 2.22 bits per heavy atom. The average molecular weight is 371 g/mol. The van der Waals surface area contributed by atoms with Gasteiger partial charge in [0.1, 0.15) is 0 Å². The molecule has 0 fully saturated rings. The molecule has 2 aromatic carbocycles. The zero-order chi connectivity index (χ0) is 19.8. The number of hydrogen-bond donors (Lipinski definition) is 3. The minimum atomic E-state index is -0.896. The first-order chi connectivity index (χ1) is 12.9. The van der Waals surface area contributed by atoms with E-state index in [1.807, 2.05) is 0 Å². The van der Waals surface area contributed by atoms with Crippen LogP contribution in [0.25, 0.3) is 0 Å². The SMILES string of the molecule is CC(C(=O)O)c1ccc(NC(=O)CCCNc2ccc([N+](=O)[O-])cc2)cc1. The van der Waals surface area contributed by atoms with E-state index in [0.717, 1.165) is 5.69 Å². The molecule has 0 aromatic heterocycles. The van der Waals surface area contributed by atoms with Crippen LogP contribution < -0.4 is 10.6 Å². The lowest BCUT2D eigenvalue weighted by Gasteiger charge is -2.09. The van der Waals surface area contributed by atoms with Crippen LogP contribution in [0.2, 0.25) is 0 Å². The molecule has 1 unspecified atom stereocenters. The number of hydrogen-bond acceptors (Lipinski definition) is 5. The summed E-state index contributed by atoms with van der Waals surface area (Å²) in [5, 5.41) is 25.4. The Balaban J connectivity index is 1.73. The van der Waals surface area contributed by atoms with Gasteiger partial charge in [-0.2, -0.15) is 0 Å². The number of carbonyl (C=O) groups excluding carboxylic acids is 1. The third-order valence-corrected chi connectivity index (χ3v) is 4.05. The topological polar surface area (TPSA) is 122 Å². The number of benzene rings is 2. The average Bonchev–Trinajstić information content (AvgIpc) is 2.65. The summed E-state index contributed by atoms with van der Waals surface area (Å²) in [7, 11) is 0. The molecule has 27 heavy (non-hydrogen) atoms. The van der Waals surface area contributed by atoms with E-state index in [9.17, 15) is 19.7 Å². The van der Waals surface area contributed by atoms with Crippen molar-refractivity contribution in [2.24, 2.45) is 0 Å². The number of rotatable bonds is 9. The Morgan fingerprint density at radius 1 is 1.07 bits per heavy atom. The smallest absolute Gasteiger partial charge is 0.310 e.